The van der Waals surface area contributed by atoms with Crippen molar-refractivity contribution < 1.29 is 0 Å². The summed E-state index contributed by atoms with van der Waals surface area (Å²) in [7, 11) is 0. The van der Waals surface area contributed by atoms with Crippen LogP contribution < -0.4 is 5.73 Å². The van der Waals surface area contributed by atoms with E-state index in [1.807, 2.05) is 6.07 Å². The average molecular weight is 172 g/mol. The number of hydrogen-bond donors (Lipinski definition) is 1. The Labute approximate surface area is 75.5 Å². The van der Waals surface area contributed by atoms with Gasteiger partial charge in [0.2, 0.25) is 0 Å². The van der Waals surface area contributed by atoms with Crippen LogP contribution in [0.4, 0.5) is 5.69 Å². The van der Waals surface area contributed by atoms with Gasteiger partial charge in [0.05, 0.1) is 17.6 Å². The smallest absolute Gasteiger partial charge is 0.0901 e. The number of anilines is 1. The summed E-state index contributed by atoms with van der Waals surface area (Å²) in [6.45, 7) is 0. The Morgan fingerprint density at radius 3 is 2.62 bits per heavy atom. The van der Waals surface area contributed by atoms with Crippen molar-refractivity contribution in [2.75, 3.05) is 5.73 Å². The van der Waals surface area contributed by atoms with E-state index in [0.29, 0.717) is 5.69 Å². The van der Waals surface area contributed by atoms with Gasteiger partial charge >= 0.3 is 0 Å². The largest absolute Gasteiger partial charge is 0.397 e. The van der Waals surface area contributed by atoms with Gasteiger partial charge in [-0.1, -0.05) is 0 Å². The lowest BCUT2D eigenvalue weighted by Crippen LogP contribution is -1.89. The first-order chi connectivity index (χ1) is 6.36. The van der Waals surface area contributed by atoms with Crippen molar-refractivity contribution in [1.82, 2.24) is 15.0 Å². The van der Waals surface area contributed by atoms with E-state index in [2.05, 4.69) is 15.0 Å². The van der Waals surface area contributed by atoms with Crippen molar-refractivity contribution in [3.05, 3.63) is 37.1 Å². The summed E-state index contributed by atoms with van der Waals surface area (Å²) in [5.74, 6) is 0. The highest BCUT2D eigenvalue weighted by molar-refractivity contribution is 5.60. The second-order valence-electron chi connectivity index (χ2n) is 2.60. The molecule has 0 aliphatic carbocycles. The summed E-state index contributed by atoms with van der Waals surface area (Å²) in [5.41, 5.74) is 7.88. The molecular weight excluding hydrogens is 164 g/mol. The fraction of sp³-hybridized carbons (Fsp3) is 0. The lowest BCUT2D eigenvalue weighted by atomic mass is 10.2. The van der Waals surface area contributed by atoms with Gasteiger partial charge in [0.1, 0.15) is 0 Å². The van der Waals surface area contributed by atoms with Gasteiger partial charge in [-0.3, -0.25) is 15.0 Å². The molecule has 0 unspecified atom stereocenters. The van der Waals surface area contributed by atoms with Gasteiger partial charge in [-0.25, -0.2) is 0 Å². The van der Waals surface area contributed by atoms with Crippen LogP contribution in [0.25, 0.3) is 11.3 Å². The van der Waals surface area contributed by atoms with Crippen molar-refractivity contribution >= 4 is 5.69 Å². The molecule has 4 heteroatoms. The SMILES string of the molecule is Nc1cncc(-c2cnccn2)c1. The molecule has 0 saturated heterocycles. The minimum Gasteiger partial charge on any atom is -0.397 e. The standard InChI is InChI=1S/C9H8N4/c10-8-3-7(4-12-5-8)9-6-11-1-2-13-9/h1-6H,10H2. The molecule has 2 N–H and O–H groups in total. The second-order valence-corrected chi connectivity index (χ2v) is 2.60. The maximum Gasteiger partial charge on any atom is 0.0901 e. The fourth-order valence-electron chi connectivity index (χ4n) is 1.05. The van der Waals surface area contributed by atoms with Gasteiger partial charge in [-0.15, -0.1) is 0 Å². The molecule has 0 aliphatic heterocycles. The van der Waals surface area contributed by atoms with Crippen molar-refractivity contribution in [1.29, 1.82) is 0 Å². The van der Waals surface area contributed by atoms with Crippen LogP contribution in [0.15, 0.2) is 37.1 Å². The van der Waals surface area contributed by atoms with Crippen LogP contribution in [0.5, 0.6) is 0 Å². The number of nitrogens with two attached hydrogens (primary N) is 1. The number of aromatic nitrogens is 3. The van der Waals surface area contributed by atoms with E-state index in [1.54, 1.807) is 31.0 Å². The quantitative estimate of drug-likeness (QED) is 0.700. The van der Waals surface area contributed by atoms with Crippen molar-refractivity contribution in [2.24, 2.45) is 0 Å². The third-order valence-electron chi connectivity index (χ3n) is 1.62. The highest BCUT2D eigenvalue weighted by atomic mass is 14.8. The predicted molar refractivity (Wildman–Crippen MR) is 49.7 cm³/mol. The molecule has 0 spiro atoms. The Bertz CT molecular complexity index is 399. The Morgan fingerprint density at radius 2 is 1.92 bits per heavy atom. The topological polar surface area (TPSA) is 64.7 Å². The monoisotopic (exact) mass is 172 g/mol. The summed E-state index contributed by atoms with van der Waals surface area (Å²) in [5, 5.41) is 0. The van der Waals surface area contributed by atoms with Crippen LogP contribution in [0.2, 0.25) is 0 Å². The van der Waals surface area contributed by atoms with E-state index >= 15 is 0 Å². The molecule has 0 amide bonds. The summed E-state index contributed by atoms with van der Waals surface area (Å²) in [6, 6.07) is 1.82. The van der Waals surface area contributed by atoms with Gasteiger partial charge < -0.3 is 5.73 Å². The molecule has 0 bridgehead atoms. The summed E-state index contributed by atoms with van der Waals surface area (Å²) in [6.07, 6.45) is 8.25. The molecule has 4 nitrogen and oxygen atoms in total. The first-order valence-electron chi connectivity index (χ1n) is 3.83. The molecule has 0 radical (unpaired) electrons. The predicted octanol–water partition coefficient (Wildman–Crippen LogP) is 1.12. The number of nitrogen functional groups attached to an aromatic ring is 1. The zero-order valence-electron chi connectivity index (χ0n) is 6.88. The van der Waals surface area contributed by atoms with E-state index in [4.69, 9.17) is 5.73 Å². The lowest BCUT2D eigenvalue weighted by Gasteiger charge is -1.99. The Morgan fingerprint density at radius 1 is 1.00 bits per heavy atom. The highest BCUT2D eigenvalue weighted by Crippen LogP contribution is 2.15. The summed E-state index contributed by atoms with van der Waals surface area (Å²) < 4.78 is 0. The molecule has 0 fully saturated rings. The first kappa shape index (κ1) is 7.67. The van der Waals surface area contributed by atoms with E-state index in [1.165, 1.54) is 0 Å². The Hall–Kier alpha value is -1.97. The molecule has 2 aromatic heterocycles. The van der Waals surface area contributed by atoms with Crippen LogP contribution in [0, 0.1) is 0 Å². The number of nitrogens with zero attached hydrogens (tertiary/aromatic N) is 3. The van der Waals surface area contributed by atoms with E-state index in [0.717, 1.165) is 11.3 Å². The van der Waals surface area contributed by atoms with Gasteiger partial charge in [0.15, 0.2) is 0 Å². The van der Waals surface area contributed by atoms with E-state index < -0.39 is 0 Å². The van der Waals surface area contributed by atoms with Gasteiger partial charge in [-0.2, -0.15) is 0 Å². The number of hydrogen-bond acceptors (Lipinski definition) is 4. The molecule has 0 aliphatic rings. The van der Waals surface area contributed by atoms with E-state index in [-0.39, 0.29) is 0 Å². The molecule has 64 valence electrons. The molecule has 2 heterocycles. The first-order valence-corrected chi connectivity index (χ1v) is 3.83. The van der Waals surface area contributed by atoms with Crippen molar-refractivity contribution in [3.63, 3.8) is 0 Å². The maximum absolute atomic E-state index is 5.59. The van der Waals surface area contributed by atoms with Crippen LogP contribution in [-0.4, -0.2) is 15.0 Å². The molecular formula is C9H8N4. The molecule has 0 saturated carbocycles. The zero-order valence-corrected chi connectivity index (χ0v) is 6.88. The van der Waals surface area contributed by atoms with Crippen LogP contribution in [0.1, 0.15) is 0 Å². The number of pyridine rings is 1. The van der Waals surface area contributed by atoms with Crippen molar-refractivity contribution in [2.45, 2.75) is 0 Å². The second kappa shape index (κ2) is 3.18. The third kappa shape index (κ3) is 1.61. The minimum atomic E-state index is 0.628. The number of rotatable bonds is 1. The molecule has 2 rings (SSSR count). The van der Waals surface area contributed by atoms with Gasteiger partial charge in [0.25, 0.3) is 0 Å². The summed E-state index contributed by atoms with van der Waals surface area (Å²) >= 11 is 0. The molecule has 0 aromatic carbocycles. The minimum absolute atomic E-state index is 0.628. The van der Waals surface area contributed by atoms with Crippen LogP contribution in [-0.2, 0) is 0 Å². The fourth-order valence-corrected chi connectivity index (χ4v) is 1.05. The van der Waals surface area contributed by atoms with Gasteiger partial charge in [-0.05, 0) is 6.07 Å². The van der Waals surface area contributed by atoms with Gasteiger partial charge in [0, 0.05) is 30.4 Å². The van der Waals surface area contributed by atoms with E-state index in [9.17, 15) is 0 Å². The molecule has 2 aromatic rings. The Balaban J connectivity index is 2.48. The zero-order chi connectivity index (χ0) is 9.10. The van der Waals surface area contributed by atoms with Crippen LogP contribution >= 0.6 is 0 Å². The Kier molecular flexibility index (Phi) is 1.88. The molecule has 13 heavy (non-hydrogen) atoms. The maximum atomic E-state index is 5.59. The molecule has 0 atom stereocenters. The normalized spacial score (nSPS) is 9.85. The highest BCUT2D eigenvalue weighted by Gasteiger charge is 1.98. The summed E-state index contributed by atoms with van der Waals surface area (Å²) in [4.78, 5) is 12.1. The van der Waals surface area contributed by atoms with Crippen molar-refractivity contribution in [3.8, 4) is 11.3 Å². The van der Waals surface area contributed by atoms with Crippen LogP contribution in [0.3, 0.4) is 0 Å². The third-order valence-corrected chi connectivity index (χ3v) is 1.62. The lowest BCUT2D eigenvalue weighted by molar-refractivity contribution is 1.20. The average Bonchev–Trinajstić information content (AvgIpc) is 2.19.